The number of sulfone groups is 1. The molecule has 1 aromatic rings. The van der Waals surface area contributed by atoms with Crippen molar-refractivity contribution in [2.75, 3.05) is 17.7 Å². The van der Waals surface area contributed by atoms with Crippen LogP contribution in [0.3, 0.4) is 0 Å². The molecule has 0 amide bonds. The summed E-state index contributed by atoms with van der Waals surface area (Å²) in [6.45, 7) is 0. The van der Waals surface area contributed by atoms with Gasteiger partial charge in [0.15, 0.2) is 9.84 Å². The van der Waals surface area contributed by atoms with Crippen LogP contribution in [0, 0.1) is 17.1 Å². The van der Waals surface area contributed by atoms with Crippen LogP contribution in [0.2, 0.25) is 0 Å². The van der Waals surface area contributed by atoms with E-state index in [2.05, 4.69) is 0 Å². The van der Waals surface area contributed by atoms with Gasteiger partial charge >= 0.3 is 0 Å². The number of fused-ring (bicyclic) bond motifs is 1. The van der Waals surface area contributed by atoms with Gasteiger partial charge in [-0.1, -0.05) is 6.07 Å². The van der Waals surface area contributed by atoms with E-state index in [1.807, 2.05) is 6.07 Å². The zero-order chi connectivity index (χ0) is 13.3. The van der Waals surface area contributed by atoms with Crippen molar-refractivity contribution < 1.29 is 12.8 Å². The van der Waals surface area contributed by atoms with E-state index in [1.54, 1.807) is 11.9 Å². The molecule has 1 aliphatic rings. The zero-order valence-electron chi connectivity index (χ0n) is 9.93. The summed E-state index contributed by atoms with van der Waals surface area (Å²) in [4.78, 5) is 1.67. The molecule has 1 aliphatic heterocycles. The minimum Gasteiger partial charge on any atom is -0.367 e. The van der Waals surface area contributed by atoms with Crippen LogP contribution in [0.25, 0.3) is 0 Å². The average molecular weight is 268 g/mol. The number of para-hydroxylation sites is 1. The van der Waals surface area contributed by atoms with E-state index in [9.17, 15) is 12.8 Å². The normalized spacial score (nSPS) is 21.2. The monoisotopic (exact) mass is 268 g/mol. The number of hydrogen-bond donors (Lipinski definition) is 0. The van der Waals surface area contributed by atoms with E-state index in [0.29, 0.717) is 6.42 Å². The van der Waals surface area contributed by atoms with Crippen LogP contribution in [0.15, 0.2) is 23.1 Å². The first-order chi connectivity index (χ1) is 8.47. The van der Waals surface area contributed by atoms with Gasteiger partial charge in [0.1, 0.15) is 5.82 Å². The molecule has 0 N–H and O–H groups in total. The number of nitrogens with zero attached hydrogens (tertiary/aromatic N) is 2. The Labute approximate surface area is 106 Å². The molecule has 6 heteroatoms. The summed E-state index contributed by atoms with van der Waals surface area (Å²) < 4.78 is 37.9. The highest BCUT2D eigenvalue weighted by atomic mass is 32.2. The molecule has 1 heterocycles. The van der Waals surface area contributed by atoms with Crippen molar-refractivity contribution in [2.45, 2.75) is 23.8 Å². The predicted octanol–water partition coefficient (Wildman–Crippen LogP) is 1.72. The maximum Gasteiger partial charge on any atom is 0.182 e. The molecule has 0 spiro atoms. The summed E-state index contributed by atoms with van der Waals surface area (Å²) in [5, 5.41) is 8.57. The zero-order valence-corrected chi connectivity index (χ0v) is 10.7. The van der Waals surface area contributed by atoms with Crippen molar-refractivity contribution in [2.24, 2.45) is 0 Å². The second kappa shape index (κ2) is 4.58. The standard InChI is InChI=1S/C12H13FN2O2S/c1-15-9(4-3-7-14)8-18(16,17)11-6-2-5-10(13)12(11)15/h2,5-6,9H,3-4,8H2,1H3. The van der Waals surface area contributed by atoms with Crippen LogP contribution in [-0.2, 0) is 9.84 Å². The van der Waals surface area contributed by atoms with Crippen molar-refractivity contribution >= 4 is 15.5 Å². The van der Waals surface area contributed by atoms with E-state index >= 15 is 0 Å². The summed E-state index contributed by atoms with van der Waals surface area (Å²) in [6.07, 6.45) is 0.675. The molecule has 0 aliphatic carbocycles. The van der Waals surface area contributed by atoms with Crippen molar-refractivity contribution in [3.63, 3.8) is 0 Å². The molecule has 4 nitrogen and oxygen atoms in total. The highest BCUT2D eigenvalue weighted by Gasteiger charge is 2.35. The molecule has 1 atom stereocenters. The van der Waals surface area contributed by atoms with Gasteiger partial charge in [0.05, 0.1) is 22.4 Å². The van der Waals surface area contributed by atoms with Crippen molar-refractivity contribution in [1.29, 1.82) is 5.26 Å². The van der Waals surface area contributed by atoms with Gasteiger partial charge in [0.25, 0.3) is 0 Å². The van der Waals surface area contributed by atoms with Gasteiger partial charge < -0.3 is 4.90 Å². The van der Waals surface area contributed by atoms with Gasteiger partial charge in [-0.3, -0.25) is 0 Å². The first-order valence-electron chi connectivity index (χ1n) is 5.58. The Bertz CT molecular complexity index is 607. The average Bonchev–Trinajstić information content (AvgIpc) is 2.32. The quantitative estimate of drug-likeness (QED) is 0.819. The largest absolute Gasteiger partial charge is 0.367 e. The number of benzene rings is 1. The summed E-state index contributed by atoms with van der Waals surface area (Å²) >= 11 is 0. The van der Waals surface area contributed by atoms with E-state index in [4.69, 9.17) is 5.26 Å². The van der Waals surface area contributed by atoms with Crippen LogP contribution in [-0.4, -0.2) is 27.3 Å². The van der Waals surface area contributed by atoms with E-state index < -0.39 is 15.7 Å². The Hall–Kier alpha value is -1.61. The third-order valence-corrected chi connectivity index (χ3v) is 5.01. The van der Waals surface area contributed by atoms with Crippen molar-refractivity contribution in [3.05, 3.63) is 24.0 Å². The van der Waals surface area contributed by atoms with Gasteiger partial charge in [-0.15, -0.1) is 0 Å². The van der Waals surface area contributed by atoms with Gasteiger partial charge in [0.2, 0.25) is 0 Å². The highest BCUT2D eigenvalue weighted by molar-refractivity contribution is 7.91. The fraction of sp³-hybridized carbons (Fsp3) is 0.417. The molecule has 1 aromatic carbocycles. The molecule has 2 rings (SSSR count). The van der Waals surface area contributed by atoms with Crippen LogP contribution in [0.4, 0.5) is 10.1 Å². The lowest BCUT2D eigenvalue weighted by atomic mass is 10.1. The Balaban J connectivity index is 2.50. The lowest BCUT2D eigenvalue weighted by Gasteiger charge is -2.35. The molecule has 0 bridgehead atoms. The fourth-order valence-corrected chi connectivity index (χ4v) is 4.13. The SMILES string of the molecule is CN1c2c(F)cccc2S(=O)(=O)CC1CCC#N. The van der Waals surface area contributed by atoms with Crippen molar-refractivity contribution in [3.8, 4) is 6.07 Å². The van der Waals surface area contributed by atoms with E-state index in [1.165, 1.54) is 18.2 Å². The van der Waals surface area contributed by atoms with Crippen LogP contribution in [0.1, 0.15) is 12.8 Å². The summed E-state index contributed by atoms with van der Waals surface area (Å²) in [6, 6.07) is 5.71. The molecule has 18 heavy (non-hydrogen) atoms. The first kappa shape index (κ1) is 12.8. The van der Waals surface area contributed by atoms with Gasteiger partial charge in [-0.2, -0.15) is 5.26 Å². The van der Waals surface area contributed by atoms with Crippen LogP contribution < -0.4 is 4.90 Å². The molecule has 0 saturated carbocycles. The third-order valence-electron chi connectivity index (χ3n) is 3.19. The molecule has 0 fully saturated rings. The molecule has 0 saturated heterocycles. The topological polar surface area (TPSA) is 61.2 Å². The Morgan fingerprint density at radius 1 is 1.56 bits per heavy atom. The molecular formula is C12H13FN2O2S. The molecule has 0 radical (unpaired) electrons. The molecule has 96 valence electrons. The highest BCUT2D eigenvalue weighted by Crippen LogP contribution is 2.35. The fourth-order valence-electron chi connectivity index (χ4n) is 2.23. The van der Waals surface area contributed by atoms with Gasteiger partial charge in [-0.25, -0.2) is 12.8 Å². The predicted molar refractivity (Wildman–Crippen MR) is 65.5 cm³/mol. The summed E-state index contributed by atoms with van der Waals surface area (Å²) in [5.41, 5.74) is 0.117. The minimum absolute atomic E-state index is 0.0400. The lowest BCUT2D eigenvalue weighted by Crippen LogP contribution is -2.42. The lowest BCUT2D eigenvalue weighted by molar-refractivity contribution is 0.544. The second-order valence-corrected chi connectivity index (χ2v) is 6.33. The van der Waals surface area contributed by atoms with Gasteiger partial charge in [-0.05, 0) is 18.6 Å². The number of rotatable bonds is 2. The number of anilines is 1. The number of hydrogen-bond acceptors (Lipinski definition) is 4. The van der Waals surface area contributed by atoms with Gasteiger partial charge in [0, 0.05) is 19.5 Å². The Kier molecular flexibility index (Phi) is 3.26. The smallest absolute Gasteiger partial charge is 0.182 e. The maximum atomic E-state index is 13.8. The number of halogens is 1. The second-order valence-electron chi connectivity index (χ2n) is 4.33. The molecular weight excluding hydrogens is 255 g/mol. The van der Waals surface area contributed by atoms with Crippen LogP contribution >= 0.6 is 0 Å². The third kappa shape index (κ3) is 2.06. The molecule has 0 aromatic heterocycles. The van der Waals surface area contributed by atoms with Crippen molar-refractivity contribution in [1.82, 2.24) is 0 Å². The molecule has 1 unspecified atom stereocenters. The first-order valence-corrected chi connectivity index (χ1v) is 7.23. The Morgan fingerprint density at radius 2 is 2.28 bits per heavy atom. The number of nitriles is 1. The maximum absolute atomic E-state index is 13.8. The summed E-state index contributed by atoms with van der Waals surface area (Å²) in [5.74, 6) is -0.609. The summed E-state index contributed by atoms with van der Waals surface area (Å²) in [7, 11) is -1.80. The minimum atomic E-state index is -3.47. The Morgan fingerprint density at radius 3 is 2.94 bits per heavy atom. The van der Waals surface area contributed by atoms with Crippen LogP contribution in [0.5, 0.6) is 0 Å². The van der Waals surface area contributed by atoms with E-state index in [-0.39, 0.29) is 28.8 Å². The van der Waals surface area contributed by atoms with E-state index in [0.717, 1.165) is 0 Å².